The van der Waals surface area contributed by atoms with E-state index in [0.717, 1.165) is 15.6 Å². The number of benzene rings is 1. The third-order valence-corrected chi connectivity index (χ3v) is 3.42. The quantitative estimate of drug-likeness (QED) is 0.786. The molecule has 0 aliphatic rings. The lowest BCUT2D eigenvalue weighted by atomic mass is 10.1. The van der Waals surface area contributed by atoms with Crippen molar-refractivity contribution in [1.82, 2.24) is 0 Å². The largest absolute Gasteiger partial charge is 0.392 e. The third kappa shape index (κ3) is 1.52. The molecule has 0 aliphatic heterocycles. The second-order valence-corrected chi connectivity index (χ2v) is 4.17. The summed E-state index contributed by atoms with van der Waals surface area (Å²) in [6.07, 6.45) is 0. The Bertz CT molecular complexity index is 466. The van der Waals surface area contributed by atoms with Crippen LogP contribution in [0.25, 0.3) is 10.1 Å². The van der Waals surface area contributed by atoms with Gasteiger partial charge in [0.05, 0.1) is 6.61 Å². The molecule has 0 amide bonds. The van der Waals surface area contributed by atoms with Crippen molar-refractivity contribution in [1.29, 1.82) is 0 Å². The van der Waals surface area contributed by atoms with Crippen LogP contribution in [0.15, 0.2) is 17.5 Å². The van der Waals surface area contributed by atoms with E-state index in [0.29, 0.717) is 11.4 Å². The van der Waals surface area contributed by atoms with E-state index in [4.69, 9.17) is 16.7 Å². The van der Waals surface area contributed by atoms with Crippen molar-refractivity contribution in [2.75, 3.05) is 0 Å². The second kappa shape index (κ2) is 3.85. The minimum absolute atomic E-state index is 0.268. The molecule has 0 radical (unpaired) electrons. The standard InChI is InChI=1S/C10H8ClFOS/c11-3-7-5-14-10-1-6(4-13)9(12)2-8(7)10/h1-2,5,13H,3-4H2. The minimum atomic E-state index is -0.371. The van der Waals surface area contributed by atoms with Gasteiger partial charge in [0.2, 0.25) is 0 Å². The Kier molecular flexibility index (Phi) is 2.72. The van der Waals surface area contributed by atoms with Crippen LogP contribution in [0.2, 0.25) is 0 Å². The van der Waals surface area contributed by atoms with Gasteiger partial charge < -0.3 is 5.11 Å². The molecule has 2 rings (SSSR count). The Morgan fingerprint density at radius 1 is 1.36 bits per heavy atom. The zero-order valence-corrected chi connectivity index (χ0v) is 8.83. The average Bonchev–Trinajstić information content (AvgIpc) is 2.58. The van der Waals surface area contributed by atoms with Crippen LogP contribution in [0.4, 0.5) is 4.39 Å². The molecule has 0 fully saturated rings. The van der Waals surface area contributed by atoms with Gasteiger partial charge >= 0.3 is 0 Å². The van der Waals surface area contributed by atoms with Crippen LogP contribution in [0.3, 0.4) is 0 Å². The smallest absolute Gasteiger partial charge is 0.129 e. The molecular weight excluding hydrogens is 223 g/mol. The molecule has 0 atom stereocenters. The van der Waals surface area contributed by atoms with Crippen molar-refractivity contribution in [2.45, 2.75) is 12.5 Å². The molecule has 1 N–H and O–H groups in total. The molecule has 0 spiro atoms. The lowest BCUT2D eigenvalue weighted by molar-refractivity contribution is 0.276. The van der Waals surface area contributed by atoms with Crippen LogP contribution in [0.1, 0.15) is 11.1 Å². The number of alkyl halides is 1. The van der Waals surface area contributed by atoms with E-state index in [1.807, 2.05) is 5.38 Å². The molecule has 0 unspecified atom stereocenters. The Hall–Kier alpha value is -0.640. The van der Waals surface area contributed by atoms with E-state index in [1.165, 1.54) is 17.4 Å². The summed E-state index contributed by atoms with van der Waals surface area (Å²) < 4.78 is 14.3. The van der Waals surface area contributed by atoms with Gasteiger partial charge in [-0.1, -0.05) is 0 Å². The molecule has 0 aliphatic carbocycles. The number of fused-ring (bicyclic) bond motifs is 1. The summed E-state index contributed by atoms with van der Waals surface area (Å²) in [6.45, 7) is -0.268. The normalized spacial score (nSPS) is 11.1. The SMILES string of the molecule is OCc1cc2scc(CCl)c2cc1F. The summed E-state index contributed by atoms with van der Waals surface area (Å²) in [4.78, 5) is 0. The van der Waals surface area contributed by atoms with Crippen molar-refractivity contribution in [2.24, 2.45) is 0 Å². The van der Waals surface area contributed by atoms with Crippen LogP contribution in [-0.2, 0) is 12.5 Å². The van der Waals surface area contributed by atoms with E-state index in [-0.39, 0.29) is 12.4 Å². The van der Waals surface area contributed by atoms with E-state index in [2.05, 4.69) is 0 Å². The third-order valence-electron chi connectivity index (χ3n) is 2.14. The van der Waals surface area contributed by atoms with Crippen molar-refractivity contribution >= 4 is 33.0 Å². The maximum Gasteiger partial charge on any atom is 0.129 e. The average molecular weight is 231 g/mol. The van der Waals surface area contributed by atoms with Gasteiger partial charge in [0.1, 0.15) is 5.82 Å². The maximum atomic E-state index is 13.3. The lowest BCUT2D eigenvalue weighted by Crippen LogP contribution is -1.88. The molecule has 74 valence electrons. The van der Waals surface area contributed by atoms with E-state index >= 15 is 0 Å². The number of thiophene rings is 1. The number of hydrogen-bond donors (Lipinski definition) is 1. The summed E-state index contributed by atoms with van der Waals surface area (Å²) in [6, 6.07) is 3.11. The molecule has 0 bridgehead atoms. The second-order valence-electron chi connectivity index (χ2n) is 2.99. The highest BCUT2D eigenvalue weighted by molar-refractivity contribution is 7.17. The summed E-state index contributed by atoms with van der Waals surface area (Å²) in [5.41, 5.74) is 1.27. The van der Waals surface area contributed by atoms with Gasteiger partial charge in [-0.2, -0.15) is 0 Å². The number of aliphatic hydroxyl groups is 1. The number of hydrogen-bond acceptors (Lipinski definition) is 2. The van der Waals surface area contributed by atoms with Gasteiger partial charge in [0.15, 0.2) is 0 Å². The molecular formula is C10H8ClFOS. The van der Waals surface area contributed by atoms with Gasteiger partial charge in [-0.25, -0.2) is 4.39 Å². The van der Waals surface area contributed by atoms with E-state index in [1.54, 1.807) is 6.07 Å². The zero-order valence-electron chi connectivity index (χ0n) is 7.26. The Labute approximate surface area is 89.7 Å². The van der Waals surface area contributed by atoms with Gasteiger partial charge in [0, 0.05) is 16.1 Å². The van der Waals surface area contributed by atoms with Crippen molar-refractivity contribution in [3.05, 3.63) is 34.5 Å². The fraction of sp³-hybridized carbons (Fsp3) is 0.200. The maximum absolute atomic E-state index is 13.3. The highest BCUT2D eigenvalue weighted by Gasteiger charge is 2.08. The Morgan fingerprint density at radius 3 is 2.79 bits per heavy atom. The van der Waals surface area contributed by atoms with Crippen molar-refractivity contribution in [3.8, 4) is 0 Å². The highest BCUT2D eigenvalue weighted by atomic mass is 35.5. The van der Waals surface area contributed by atoms with Gasteiger partial charge in [0.25, 0.3) is 0 Å². The first-order valence-corrected chi connectivity index (χ1v) is 5.53. The van der Waals surface area contributed by atoms with Crippen molar-refractivity contribution in [3.63, 3.8) is 0 Å². The van der Waals surface area contributed by atoms with Crippen LogP contribution in [0.5, 0.6) is 0 Å². The van der Waals surface area contributed by atoms with E-state index in [9.17, 15) is 4.39 Å². The summed E-state index contributed by atoms with van der Waals surface area (Å²) >= 11 is 7.22. The summed E-state index contributed by atoms with van der Waals surface area (Å²) in [7, 11) is 0. The number of halogens is 2. The first-order valence-electron chi connectivity index (χ1n) is 4.11. The molecule has 1 nitrogen and oxygen atoms in total. The predicted molar refractivity (Wildman–Crippen MR) is 57.3 cm³/mol. The topological polar surface area (TPSA) is 20.2 Å². The van der Waals surface area contributed by atoms with Crippen LogP contribution < -0.4 is 0 Å². The zero-order chi connectivity index (χ0) is 10.1. The molecule has 4 heteroatoms. The van der Waals surface area contributed by atoms with Crippen LogP contribution >= 0.6 is 22.9 Å². The fourth-order valence-corrected chi connectivity index (χ4v) is 2.69. The summed E-state index contributed by atoms with van der Waals surface area (Å²) in [5.74, 6) is 0.0162. The van der Waals surface area contributed by atoms with Crippen LogP contribution in [-0.4, -0.2) is 5.11 Å². The van der Waals surface area contributed by atoms with E-state index < -0.39 is 0 Å². The monoisotopic (exact) mass is 230 g/mol. The van der Waals surface area contributed by atoms with Gasteiger partial charge in [-0.15, -0.1) is 22.9 Å². The highest BCUT2D eigenvalue weighted by Crippen LogP contribution is 2.29. The predicted octanol–water partition coefficient (Wildman–Crippen LogP) is 3.27. The first kappa shape index (κ1) is 9.90. The van der Waals surface area contributed by atoms with Crippen molar-refractivity contribution < 1.29 is 9.50 Å². The Morgan fingerprint density at radius 2 is 2.14 bits per heavy atom. The van der Waals surface area contributed by atoms with Crippen LogP contribution in [0, 0.1) is 5.82 Å². The number of rotatable bonds is 2. The molecule has 2 aromatic rings. The molecule has 0 saturated carbocycles. The first-order chi connectivity index (χ1) is 6.76. The number of aliphatic hydroxyl groups excluding tert-OH is 1. The van der Waals surface area contributed by atoms with Gasteiger partial charge in [-0.05, 0) is 28.5 Å². The molecule has 1 aromatic carbocycles. The van der Waals surface area contributed by atoms with Gasteiger partial charge in [-0.3, -0.25) is 0 Å². The molecule has 1 heterocycles. The minimum Gasteiger partial charge on any atom is -0.392 e. The Balaban J connectivity index is 2.69. The summed E-state index contributed by atoms with van der Waals surface area (Å²) in [5, 5.41) is 11.6. The molecule has 14 heavy (non-hydrogen) atoms. The molecule has 0 saturated heterocycles. The molecule has 1 aromatic heterocycles. The lowest BCUT2D eigenvalue weighted by Gasteiger charge is -2.00. The fourth-order valence-electron chi connectivity index (χ4n) is 1.37.